The van der Waals surface area contributed by atoms with Crippen molar-refractivity contribution in [1.29, 1.82) is 0 Å². The van der Waals surface area contributed by atoms with E-state index in [0.29, 0.717) is 18.4 Å². The average molecular weight is 252 g/mol. The molecule has 2 heterocycles. The van der Waals surface area contributed by atoms with E-state index in [1.807, 2.05) is 19.0 Å². The molecule has 0 aromatic carbocycles. The third-order valence-corrected chi connectivity index (χ3v) is 3.21. The summed E-state index contributed by atoms with van der Waals surface area (Å²) in [6.07, 6.45) is 2.22. The fourth-order valence-corrected chi connectivity index (χ4v) is 2.14. The summed E-state index contributed by atoms with van der Waals surface area (Å²) in [6.45, 7) is 1.45. The highest BCUT2D eigenvalue weighted by molar-refractivity contribution is 5.68. The summed E-state index contributed by atoms with van der Waals surface area (Å²) in [5.74, 6) is 0.232. The molecule has 18 heavy (non-hydrogen) atoms. The van der Waals surface area contributed by atoms with Crippen LogP contribution in [0.3, 0.4) is 0 Å². The van der Waals surface area contributed by atoms with Crippen LogP contribution >= 0.6 is 0 Å². The summed E-state index contributed by atoms with van der Waals surface area (Å²) in [7, 11) is 3.99. The van der Waals surface area contributed by atoms with Crippen LogP contribution in [0.2, 0.25) is 0 Å². The lowest BCUT2D eigenvalue weighted by atomic mass is 10.2. The Labute approximate surface area is 105 Å². The molecule has 1 aromatic heterocycles. The van der Waals surface area contributed by atoms with Crippen molar-refractivity contribution in [3.05, 3.63) is 16.4 Å². The largest absolute Gasteiger partial charge is 0.378 e. The average Bonchev–Trinajstić information content (AvgIpc) is 2.77. The van der Waals surface area contributed by atoms with Gasteiger partial charge in [0.1, 0.15) is 6.33 Å². The first kappa shape index (κ1) is 12.5. The molecule has 0 aliphatic carbocycles. The van der Waals surface area contributed by atoms with E-state index in [1.165, 1.54) is 6.33 Å². The topological polar surface area (TPSA) is 101 Å². The molecule has 0 saturated carbocycles. The Morgan fingerprint density at radius 2 is 2.28 bits per heavy atom. The summed E-state index contributed by atoms with van der Waals surface area (Å²) in [6, 6.07) is 0.376. The van der Waals surface area contributed by atoms with Crippen molar-refractivity contribution in [2.45, 2.75) is 12.5 Å². The first-order valence-corrected chi connectivity index (χ1v) is 5.67. The number of nitrogens with zero attached hydrogens (tertiary/aromatic N) is 5. The number of nitrogens with two attached hydrogens (primary N) is 1. The minimum Gasteiger partial charge on any atom is -0.378 e. The van der Waals surface area contributed by atoms with E-state index >= 15 is 0 Å². The lowest BCUT2D eigenvalue weighted by Crippen LogP contribution is -2.32. The maximum atomic E-state index is 11.0. The molecule has 1 saturated heterocycles. The zero-order valence-electron chi connectivity index (χ0n) is 10.4. The van der Waals surface area contributed by atoms with Crippen molar-refractivity contribution in [2.24, 2.45) is 0 Å². The van der Waals surface area contributed by atoms with E-state index in [1.54, 1.807) is 0 Å². The zero-order chi connectivity index (χ0) is 13.3. The Balaban J connectivity index is 2.30. The molecule has 2 N–H and O–H groups in total. The molecule has 1 atom stereocenters. The third kappa shape index (κ3) is 2.19. The summed E-state index contributed by atoms with van der Waals surface area (Å²) < 4.78 is 0. The van der Waals surface area contributed by atoms with Gasteiger partial charge in [-0.2, -0.15) is 0 Å². The SMILES string of the molecule is CN(C)C1CCN(c2ncnc(N)c2[N+](=O)[O-])C1. The van der Waals surface area contributed by atoms with Gasteiger partial charge in [-0.25, -0.2) is 9.97 Å². The van der Waals surface area contributed by atoms with Crippen molar-refractivity contribution in [3.63, 3.8) is 0 Å². The smallest absolute Gasteiger partial charge is 0.353 e. The van der Waals surface area contributed by atoms with Gasteiger partial charge in [0.2, 0.25) is 11.6 Å². The Morgan fingerprint density at radius 1 is 1.56 bits per heavy atom. The Hall–Kier alpha value is -1.96. The number of rotatable bonds is 3. The van der Waals surface area contributed by atoms with Crippen molar-refractivity contribution in [1.82, 2.24) is 14.9 Å². The second kappa shape index (κ2) is 4.73. The van der Waals surface area contributed by atoms with Gasteiger partial charge < -0.3 is 15.5 Å². The van der Waals surface area contributed by atoms with Crippen LogP contribution in [-0.2, 0) is 0 Å². The van der Waals surface area contributed by atoms with Crippen molar-refractivity contribution in [2.75, 3.05) is 37.8 Å². The molecular weight excluding hydrogens is 236 g/mol. The predicted octanol–water partition coefficient (Wildman–Crippen LogP) is 0.107. The van der Waals surface area contributed by atoms with Gasteiger partial charge in [-0.05, 0) is 20.5 Å². The standard InChI is InChI=1S/C10H16N6O2/c1-14(2)7-3-4-15(5-7)10-8(16(17)18)9(11)12-6-13-10/h6-7H,3-5H2,1-2H3,(H2,11,12,13). The van der Waals surface area contributed by atoms with Crippen LogP contribution in [0.1, 0.15) is 6.42 Å². The molecule has 1 aliphatic rings. The highest BCUT2D eigenvalue weighted by Crippen LogP contribution is 2.32. The number of hydrogen-bond acceptors (Lipinski definition) is 7. The normalized spacial score (nSPS) is 19.5. The van der Waals surface area contributed by atoms with Crippen LogP contribution < -0.4 is 10.6 Å². The van der Waals surface area contributed by atoms with E-state index in [2.05, 4.69) is 14.9 Å². The van der Waals surface area contributed by atoms with E-state index in [4.69, 9.17) is 5.73 Å². The summed E-state index contributed by atoms with van der Waals surface area (Å²) >= 11 is 0. The van der Waals surface area contributed by atoms with Gasteiger partial charge in [-0.3, -0.25) is 10.1 Å². The first-order chi connectivity index (χ1) is 8.50. The van der Waals surface area contributed by atoms with Gasteiger partial charge in [0, 0.05) is 19.1 Å². The molecular formula is C10H16N6O2. The van der Waals surface area contributed by atoms with E-state index < -0.39 is 4.92 Å². The van der Waals surface area contributed by atoms with Crippen LogP contribution in [0.4, 0.5) is 17.3 Å². The molecule has 0 spiro atoms. The predicted molar refractivity (Wildman–Crippen MR) is 67.4 cm³/mol. The van der Waals surface area contributed by atoms with Gasteiger partial charge in [-0.1, -0.05) is 0 Å². The van der Waals surface area contributed by atoms with Gasteiger partial charge in [0.25, 0.3) is 0 Å². The first-order valence-electron chi connectivity index (χ1n) is 5.67. The second-order valence-electron chi connectivity index (χ2n) is 4.54. The number of aromatic nitrogens is 2. The molecule has 0 radical (unpaired) electrons. The van der Waals surface area contributed by atoms with E-state index in [9.17, 15) is 10.1 Å². The second-order valence-corrected chi connectivity index (χ2v) is 4.54. The van der Waals surface area contributed by atoms with Gasteiger partial charge in [0.15, 0.2) is 0 Å². The molecule has 2 rings (SSSR count). The monoisotopic (exact) mass is 252 g/mol. The van der Waals surface area contributed by atoms with Crippen molar-refractivity contribution >= 4 is 17.3 Å². The molecule has 0 amide bonds. The number of anilines is 2. The molecule has 1 aliphatic heterocycles. The van der Waals surface area contributed by atoms with Crippen LogP contribution in [0.5, 0.6) is 0 Å². The number of nitrogen functional groups attached to an aromatic ring is 1. The minimum atomic E-state index is -0.520. The lowest BCUT2D eigenvalue weighted by Gasteiger charge is -2.20. The van der Waals surface area contributed by atoms with Gasteiger partial charge in [0.05, 0.1) is 4.92 Å². The lowest BCUT2D eigenvalue weighted by molar-refractivity contribution is -0.383. The summed E-state index contributed by atoms with van der Waals surface area (Å²) in [5, 5.41) is 11.0. The summed E-state index contributed by atoms with van der Waals surface area (Å²) in [5.41, 5.74) is 5.36. The van der Waals surface area contributed by atoms with Crippen LogP contribution in [0, 0.1) is 10.1 Å². The highest BCUT2D eigenvalue weighted by Gasteiger charge is 2.31. The quantitative estimate of drug-likeness (QED) is 0.601. The van der Waals surface area contributed by atoms with Crippen LogP contribution in [0.25, 0.3) is 0 Å². The Kier molecular flexibility index (Phi) is 3.28. The molecule has 0 bridgehead atoms. The number of hydrogen-bond donors (Lipinski definition) is 1. The van der Waals surface area contributed by atoms with Crippen molar-refractivity contribution in [3.8, 4) is 0 Å². The van der Waals surface area contributed by atoms with E-state index in [0.717, 1.165) is 13.0 Å². The molecule has 1 aromatic rings. The Morgan fingerprint density at radius 3 is 2.83 bits per heavy atom. The zero-order valence-corrected chi connectivity index (χ0v) is 10.4. The third-order valence-electron chi connectivity index (χ3n) is 3.21. The van der Waals surface area contributed by atoms with Gasteiger partial charge in [-0.15, -0.1) is 0 Å². The molecule has 8 nitrogen and oxygen atoms in total. The molecule has 8 heteroatoms. The highest BCUT2D eigenvalue weighted by atomic mass is 16.6. The van der Waals surface area contributed by atoms with Crippen LogP contribution in [0.15, 0.2) is 6.33 Å². The van der Waals surface area contributed by atoms with Crippen molar-refractivity contribution < 1.29 is 4.92 Å². The molecule has 98 valence electrons. The minimum absolute atomic E-state index is 0.0849. The maximum absolute atomic E-state index is 11.0. The van der Waals surface area contributed by atoms with Gasteiger partial charge >= 0.3 is 5.69 Å². The maximum Gasteiger partial charge on any atom is 0.353 e. The summed E-state index contributed by atoms with van der Waals surface area (Å²) in [4.78, 5) is 22.2. The fourth-order valence-electron chi connectivity index (χ4n) is 2.14. The number of likely N-dealkylation sites (N-methyl/N-ethyl adjacent to an activating group) is 1. The van der Waals surface area contributed by atoms with E-state index in [-0.39, 0.29) is 11.5 Å². The van der Waals surface area contributed by atoms with Crippen LogP contribution in [-0.4, -0.2) is 53.0 Å². The molecule has 1 fully saturated rings. The fraction of sp³-hybridized carbons (Fsp3) is 0.600. The molecule has 1 unspecified atom stereocenters. The number of nitro groups is 1. The Bertz CT molecular complexity index is 464.